The minimum Gasteiger partial charge on any atom is -0.422 e. The molecule has 0 aliphatic carbocycles. The number of carbonyl (C=O) groups excluding carboxylic acids is 2. The van der Waals surface area contributed by atoms with Gasteiger partial charge in [0, 0.05) is 11.1 Å². The highest BCUT2D eigenvalue weighted by Gasteiger charge is 2.34. The summed E-state index contributed by atoms with van der Waals surface area (Å²) in [7, 11) is 0. The lowest BCUT2D eigenvalue weighted by Crippen LogP contribution is -2.01. The fourth-order valence-corrected chi connectivity index (χ4v) is 3.47. The predicted molar refractivity (Wildman–Crippen MR) is 91.8 cm³/mol. The van der Waals surface area contributed by atoms with Gasteiger partial charge in [-0.1, -0.05) is 11.1 Å². The zero-order valence-corrected chi connectivity index (χ0v) is 13.9. The minimum atomic E-state index is -0.326. The van der Waals surface area contributed by atoms with Crippen molar-refractivity contribution in [3.05, 3.63) is 46.5 Å². The number of hydrogen-bond donors (Lipinski definition) is 0. The molecule has 0 spiro atoms. The molecule has 0 bridgehead atoms. The zero-order valence-electron chi connectivity index (χ0n) is 13.9. The third kappa shape index (κ3) is 1.80. The largest absolute Gasteiger partial charge is 0.422 e. The van der Waals surface area contributed by atoms with Gasteiger partial charge in [0.05, 0.1) is 11.1 Å². The van der Waals surface area contributed by atoms with Gasteiger partial charge in [-0.05, 0) is 62.7 Å². The second-order valence-corrected chi connectivity index (χ2v) is 6.50. The van der Waals surface area contributed by atoms with Crippen LogP contribution in [0.3, 0.4) is 0 Å². The molecule has 120 valence electrons. The molecule has 4 nitrogen and oxygen atoms in total. The number of carbonyl (C=O) groups is 2. The lowest BCUT2D eigenvalue weighted by atomic mass is 9.91. The van der Waals surface area contributed by atoms with Crippen molar-refractivity contribution in [3.8, 4) is 11.5 Å². The summed E-state index contributed by atoms with van der Waals surface area (Å²) in [6.07, 6.45) is 0. The topological polar surface area (TPSA) is 52.6 Å². The van der Waals surface area contributed by atoms with E-state index < -0.39 is 0 Å². The summed E-state index contributed by atoms with van der Waals surface area (Å²) in [5.41, 5.74) is 4.60. The molecule has 2 aromatic carbocycles. The van der Waals surface area contributed by atoms with Crippen LogP contribution in [0, 0.1) is 0 Å². The fourth-order valence-electron chi connectivity index (χ4n) is 3.47. The first kappa shape index (κ1) is 14.7. The van der Waals surface area contributed by atoms with Crippen LogP contribution in [0.4, 0.5) is 0 Å². The van der Waals surface area contributed by atoms with Crippen molar-refractivity contribution in [1.82, 2.24) is 0 Å². The number of benzene rings is 2. The van der Waals surface area contributed by atoms with Crippen LogP contribution in [0.1, 0.15) is 38.8 Å². The second-order valence-electron chi connectivity index (χ2n) is 6.50. The maximum atomic E-state index is 12.2. The van der Waals surface area contributed by atoms with Crippen molar-refractivity contribution >= 4 is 33.9 Å². The Morgan fingerprint density at radius 2 is 1.04 bits per heavy atom. The van der Waals surface area contributed by atoms with Crippen LogP contribution < -0.4 is 9.47 Å². The van der Waals surface area contributed by atoms with Gasteiger partial charge in [0.1, 0.15) is 11.5 Å². The zero-order chi connectivity index (χ0) is 17.2. The quantitative estimate of drug-likeness (QED) is 0.413. The van der Waals surface area contributed by atoms with Gasteiger partial charge < -0.3 is 9.47 Å². The molecule has 2 aromatic rings. The summed E-state index contributed by atoms with van der Waals surface area (Å²) < 4.78 is 10.8. The highest BCUT2D eigenvalue weighted by atomic mass is 16.5. The van der Waals surface area contributed by atoms with E-state index in [1.54, 1.807) is 12.1 Å². The van der Waals surface area contributed by atoms with Crippen molar-refractivity contribution in [3.63, 3.8) is 0 Å². The van der Waals surface area contributed by atoms with Crippen LogP contribution in [0.15, 0.2) is 35.4 Å². The fraction of sp³-hybridized carbons (Fsp3) is 0.200. The molecule has 2 heterocycles. The highest BCUT2D eigenvalue weighted by Crippen LogP contribution is 2.47. The summed E-state index contributed by atoms with van der Waals surface area (Å²) in [4.78, 5) is 24.4. The molecular formula is C20H16O4. The Morgan fingerprint density at radius 1 is 0.667 bits per heavy atom. The second kappa shape index (κ2) is 4.81. The van der Waals surface area contributed by atoms with Crippen LogP contribution in [-0.2, 0) is 9.59 Å². The highest BCUT2D eigenvalue weighted by molar-refractivity contribution is 6.29. The third-order valence-electron chi connectivity index (χ3n) is 4.44. The predicted octanol–water partition coefficient (Wildman–Crippen LogP) is 4.26. The van der Waals surface area contributed by atoms with Crippen LogP contribution in [-0.4, -0.2) is 11.9 Å². The molecule has 0 radical (unpaired) electrons. The lowest BCUT2D eigenvalue weighted by molar-refractivity contribution is -0.127. The molecule has 0 unspecified atom stereocenters. The normalized spacial score (nSPS) is 15.3. The van der Waals surface area contributed by atoms with E-state index in [1.807, 2.05) is 39.8 Å². The Labute approximate surface area is 139 Å². The molecule has 24 heavy (non-hydrogen) atoms. The van der Waals surface area contributed by atoms with Crippen LogP contribution in [0.2, 0.25) is 0 Å². The smallest absolute Gasteiger partial charge is 0.344 e. The maximum Gasteiger partial charge on any atom is 0.344 e. The Balaban J connectivity index is 2.14. The van der Waals surface area contributed by atoms with Gasteiger partial charge in [-0.2, -0.15) is 0 Å². The van der Waals surface area contributed by atoms with Gasteiger partial charge in [-0.3, -0.25) is 0 Å². The molecule has 4 rings (SSSR count). The molecule has 0 saturated heterocycles. The Hall–Kier alpha value is -2.88. The number of ether oxygens (including phenoxy) is 2. The Bertz CT molecular complexity index is 930. The van der Waals surface area contributed by atoms with Crippen LogP contribution in [0.25, 0.3) is 21.9 Å². The van der Waals surface area contributed by atoms with Gasteiger partial charge in [-0.15, -0.1) is 0 Å². The van der Waals surface area contributed by atoms with Crippen molar-refractivity contribution < 1.29 is 19.1 Å². The lowest BCUT2D eigenvalue weighted by Gasteiger charge is -2.09. The van der Waals surface area contributed by atoms with E-state index in [2.05, 4.69) is 0 Å². The van der Waals surface area contributed by atoms with Crippen molar-refractivity contribution in [2.75, 3.05) is 0 Å². The summed E-state index contributed by atoms with van der Waals surface area (Å²) >= 11 is 0. The maximum absolute atomic E-state index is 12.2. The van der Waals surface area contributed by atoms with Crippen LogP contribution in [0.5, 0.6) is 11.5 Å². The van der Waals surface area contributed by atoms with E-state index in [0.29, 0.717) is 22.6 Å². The first-order chi connectivity index (χ1) is 11.4. The van der Waals surface area contributed by atoms with Gasteiger partial charge >= 0.3 is 11.9 Å². The molecule has 4 heteroatoms. The van der Waals surface area contributed by atoms with E-state index in [-0.39, 0.29) is 11.9 Å². The SMILES string of the molecule is CC(C)=C1C(=O)Oc2ccc3c4c(ccc3c21)OC(=O)C4=C(C)C. The molecule has 2 aliphatic heterocycles. The molecule has 0 N–H and O–H groups in total. The van der Waals surface area contributed by atoms with Crippen LogP contribution >= 0.6 is 0 Å². The van der Waals surface area contributed by atoms with Crippen molar-refractivity contribution in [2.24, 2.45) is 0 Å². The van der Waals surface area contributed by atoms with Gasteiger partial charge in [-0.25, -0.2) is 9.59 Å². The third-order valence-corrected chi connectivity index (χ3v) is 4.44. The van der Waals surface area contributed by atoms with Gasteiger partial charge in [0.2, 0.25) is 0 Å². The standard InChI is InChI=1S/C20H16O4/c1-9(2)15-17-11-5-8-14-18(16(10(3)4)20(22)24-14)12(11)6-7-13(17)23-19(15)21/h5-8H,1-4H3. The van der Waals surface area contributed by atoms with Crippen molar-refractivity contribution in [2.45, 2.75) is 27.7 Å². The van der Waals surface area contributed by atoms with E-state index in [0.717, 1.165) is 33.0 Å². The monoisotopic (exact) mass is 320 g/mol. The number of allylic oxidation sites excluding steroid dienone is 2. The number of fused-ring (bicyclic) bond motifs is 5. The summed E-state index contributed by atoms with van der Waals surface area (Å²) in [5.74, 6) is 0.473. The number of rotatable bonds is 0. The summed E-state index contributed by atoms with van der Waals surface area (Å²) in [5, 5.41) is 1.79. The van der Waals surface area contributed by atoms with E-state index in [9.17, 15) is 9.59 Å². The van der Waals surface area contributed by atoms with E-state index >= 15 is 0 Å². The molecule has 0 amide bonds. The van der Waals surface area contributed by atoms with Gasteiger partial charge in [0.15, 0.2) is 0 Å². The van der Waals surface area contributed by atoms with E-state index in [1.165, 1.54) is 0 Å². The summed E-state index contributed by atoms with van der Waals surface area (Å²) in [6.45, 7) is 7.58. The van der Waals surface area contributed by atoms with Gasteiger partial charge in [0.25, 0.3) is 0 Å². The minimum absolute atomic E-state index is 0.326. The molecule has 0 aromatic heterocycles. The summed E-state index contributed by atoms with van der Waals surface area (Å²) in [6, 6.07) is 7.35. The first-order valence-corrected chi connectivity index (χ1v) is 7.80. The average molecular weight is 320 g/mol. The first-order valence-electron chi connectivity index (χ1n) is 7.80. The molecule has 2 aliphatic rings. The van der Waals surface area contributed by atoms with Crippen molar-refractivity contribution in [1.29, 1.82) is 0 Å². The van der Waals surface area contributed by atoms with E-state index in [4.69, 9.17) is 9.47 Å². The number of hydrogen-bond acceptors (Lipinski definition) is 4. The molecule has 0 fully saturated rings. The Kier molecular flexibility index (Phi) is 2.94. The average Bonchev–Trinajstić information content (AvgIpc) is 3.02. The molecule has 0 saturated carbocycles. The molecular weight excluding hydrogens is 304 g/mol. The Morgan fingerprint density at radius 3 is 1.38 bits per heavy atom. The number of esters is 2. The molecule has 0 atom stereocenters.